The number of aryl methyl sites for hydroxylation is 2. The summed E-state index contributed by atoms with van der Waals surface area (Å²) in [6, 6.07) is 22.9. The first-order valence-corrected chi connectivity index (χ1v) is 13.0. The lowest BCUT2D eigenvalue weighted by atomic mass is 9.96. The van der Waals surface area contributed by atoms with E-state index in [0.29, 0.717) is 0 Å². The molecular weight excluding hydrogens is 356 g/mol. The van der Waals surface area contributed by atoms with Crippen molar-refractivity contribution >= 4 is 13.4 Å². The van der Waals surface area contributed by atoms with E-state index >= 15 is 0 Å². The van der Waals surface area contributed by atoms with Crippen molar-refractivity contribution in [2.75, 3.05) is 6.54 Å². The van der Waals surface area contributed by atoms with Crippen LogP contribution in [0.3, 0.4) is 0 Å². The monoisotopic (exact) mass is 385 g/mol. The van der Waals surface area contributed by atoms with Crippen molar-refractivity contribution in [2.24, 2.45) is 7.05 Å². The molecule has 1 fully saturated rings. The number of nitrogens with zero attached hydrogens (tertiary/aromatic N) is 1. The standard InChI is InChI=1S/C25H29N2Si/c1-19-10-11-21(20-8-4-3-5-9-20)16-23(19)24-17-22-12-13-26-28(14-6-7-15-28)25(22)18-27(24)2/h3-5,8-11,16-18,26H,6-7,12-15H2,1-2H3/q+1. The first-order valence-electron chi connectivity index (χ1n) is 10.6. The van der Waals surface area contributed by atoms with Gasteiger partial charge in [0.2, 0.25) is 5.69 Å². The highest BCUT2D eigenvalue weighted by Gasteiger charge is 2.43. The number of nitrogens with one attached hydrogen (secondary N) is 1. The van der Waals surface area contributed by atoms with Crippen LogP contribution in [0.5, 0.6) is 0 Å². The molecule has 0 saturated carbocycles. The highest BCUT2D eigenvalue weighted by Crippen LogP contribution is 2.32. The Morgan fingerprint density at radius 3 is 2.50 bits per heavy atom. The molecule has 0 radical (unpaired) electrons. The predicted molar refractivity (Wildman–Crippen MR) is 119 cm³/mol. The summed E-state index contributed by atoms with van der Waals surface area (Å²) in [5.74, 6) is 0. The fourth-order valence-corrected chi connectivity index (χ4v) is 10.2. The van der Waals surface area contributed by atoms with Gasteiger partial charge in [-0.3, -0.25) is 0 Å². The number of rotatable bonds is 2. The maximum absolute atomic E-state index is 4.00. The van der Waals surface area contributed by atoms with E-state index in [-0.39, 0.29) is 0 Å². The summed E-state index contributed by atoms with van der Waals surface area (Å²) in [5.41, 5.74) is 8.22. The first kappa shape index (κ1) is 17.8. The summed E-state index contributed by atoms with van der Waals surface area (Å²) in [6.07, 6.45) is 6.45. The summed E-state index contributed by atoms with van der Waals surface area (Å²) in [6.45, 7) is 3.40. The molecule has 28 heavy (non-hydrogen) atoms. The van der Waals surface area contributed by atoms with Crippen LogP contribution in [-0.2, 0) is 13.5 Å². The number of hydrogen-bond donors (Lipinski definition) is 1. The molecule has 0 unspecified atom stereocenters. The fraction of sp³-hybridized carbons (Fsp3) is 0.320. The topological polar surface area (TPSA) is 15.9 Å². The van der Waals surface area contributed by atoms with Gasteiger partial charge in [0.05, 0.1) is 0 Å². The van der Waals surface area contributed by atoms with Crippen molar-refractivity contribution in [3.05, 3.63) is 71.9 Å². The van der Waals surface area contributed by atoms with Crippen molar-refractivity contribution < 1.29 is 4.57 Å². The molecule has 3 aromatic rings. The third-order valence-electron chi connectivity index (χ3n) is 6.81. The van der Waals surface area contributed by atoms with Crippen LogP contribution in [0, 0.1) is 6.92 Å². The molecule has 0 bridgehead atoms. The molecule has 2 aliphatic rings. The second-order valence-electron chi connectivity index (χ2n) is 8.57. The van der Waals surface area contributed by atoms with Gasteiger partial charge in [0.1, 0.15) is 7.05 Å². The Kier molecular flexibility index (Phi) is 4.45. The molecule has 142 valence electrons. The molecule has 0 aliphatic carbocycles. The smallest absolute Gasteiger partial charge is 0.212 e. The van der Waals surface area contributed by atoms with Crippen LogP contribution in [-0.4, -0.2) is 14.8 Å². The summed E-state index contributed by atoms with van der Waals surface area (Å²) < 4.78 is 2.38. The highest BCUT2D eigenvalue weighted by atomic mass is 28.3. The Morgan fingerprint density at radius 1 is 0.929 bits per heavy atom. The van der Waals surface area contributed by atoms with Crippen LogP contribution in [0.2, 0.25) is 12.1 Å². The van der Waals surface area contributed by atoms with E-state index in [1.807, 2.05) is 0 Å². The Labute approximate surface area is 169 Å². The Bertz CT molecular complexity index is 1020. The average Bonchev–Trinajstić information content (AvgIpc) is 3.19. The average molecular weight is 386 g/mol. The summed E-state index contributed by atoms with van der Waals surface area (Å²) in [7, 11) is 0.789. The second kappa shape index (κ2) is 6.98. The van der Waals surface area contributed by atoms with Crippen LogP contribution in [0.4, 0.5) is 0 Å². The summed E-state index contributed by atoms with van der Waals surface area (Å²) in [4.78, 5) is 4.00. The fourth-order valence-electron chi connectivity index (χ4n) is 5.26. The first-order chi connectivity index (χ1) is 13.7. The molecule has 1 spiro atoms. The van der Waals surface area contributed by atoms with E-state index in [4.69, 9.17) is 0 Å². The third-order valence-corrected chi connectivity index (χ3v) is 11.6. The molecule has 2 nitrogen and oxygen atoms in total. The quantitative estimate of drug-likeness (QED) is 0.515. The maximum Gasteiger partial charge on any atom is 0.212 e. The molecular formula is C25H29N2Si+. The lowest BCUT2D eigenvalue weighted by Gasteiger charge is -2.33. The van der Waals surface area contributed by atoms with Gasteiger partial charge >= 0.3 is 0 Å². The van der Waals surface area contributed by atoms with Crippen LogP contribution in [0.15, 0.2) is 60.8 Å². The molecule has 0 atom stereocenters. The third kappa shape index (κ3) is 2.94. The Hall–Kier alpha value is -2.23. The number of aromatic nitrogens is 1. The Balaban J connectivity index is 1.63. The van der Waals surface area contributed by atoms with Crippen LogP contribution in [0.25, 0.3) is 22.4 Å². The van der Waals surface area contributed by atoms with Gasteiger partial charge in [-0.15, -0.1) is 0 Å². The summed E-state index contributed by atoms with van der Waals surface area (Å²) >= 11 is 0. The largest absolute Gasteiger partial charge is 0.333 e. The van der Waals surface area contributed by atoms with Gasteiger partial charge in [-0.2, -0.15) is 0 Å². The predicted octanol–water partition coefficient (Wildman–Crippen LogP) is 4.25. The zero-order valence-corrected chi connectivity index (χ0v) is 18.0. The van der Waals surface area contributed by atoms with Gasteiger partial charge in [-0.05, 0) is 60.3 Å². The van der Waals surface area contributed by atoms with Crippen molar-refractivity contribution in [3.8, 4) is 22.4 Å². The Morgan fingerprint density at radius 2 is 1.71 bits per heavy atom. The molecule has 0 amide bonds. The minimum absolute atomic E-state index is 1.16. The molecule has 1 N–H and O–H groups in total. The molecule has 2 aromatic carbocycles. The second-order valence-corrected chi connectivity index (χ2v) is 12.6. The van der Waals surface area contributed by atoms with E-state index in [9.17, 15) is 0 Å². The summed E-state index contributed by atoms with van der Waals surface area (Å²) in [5, 5.41) is 1.68. The van der Waals surface area contributed by atoms with Crippen LogP contribution < -0.4 is 14.7 Å². The van der Waals surface area contributed by atoms with E-state index in [1.165, 1.54) is 52.9 Å². The minimum atomic E-state index is -1.44. The van der Waals surface area contributed by atoms with Gasteiger partial charge in [-0.25, -0.2) is 4.57 Å². The van der Waals surface area contributed by atoms with Crippen LogP contribution in [0.1, 0.15) is 24.0 Å². The molecule has 3 heteroatoms. The maximum atomic E-state index is 4.00. The van der Waals surface area contributed by atoms with Gasteiger partial charge in [-0.1, -0.05) is 55.3 Å². The van der Waals surface area contributed by atoms with Crippen LogP contribution >= 0.6 is 0 Å². The number of fused-ring (bicyclic) bond motifs is 2. The minimum Gasteiger partial charge on any atom is -0.333 e. The molecule has 5 rings (SSSR count). The number of benzene rings is 2. The number of pyridine rings is 1. The lowest BCUT2D eigenvalue weighted by Crippen LogP contribution is -2.64. The van der Waals surface area contributed by atoms with E-state index < -0.39 is 8.24 Å². The van der Waals surface area contributed by atoms with Gasteiger partial charge in [0.15, 0.2) is 14.4 Å². The van der Waals surface area contributed by atoms with E-state index in [2.05, 4.69) is 84.3 Å². The number of hydrogen-bond acceptors (Lipinski definition) is 1. The van der Waals surface area contributed by atoms with Crippen molar-refractivity contribution in [1.29, 1.82) is 0 Å². The zero-order chi connectivity index (χ0) is 19.1. The normalized spacial score (nSPS) is 17.6. The van der Waals surface area contributed by atoms with E-state index in [1.54, 1.807) is 10.8 Å². The zero-order valence-electron chi connectivity index (χ0n) is 17.0. The lowest BCUT2D eigenvalue weighted by molar-refractivity contribution is -0.659. The SMILES string of the molecule is Cc1ccc(-c2ccccc2)cc1-c1cc2c(c[n+]1C)[Si]1(CCCC1)NCC2. The molecule has 1 saturated heterocycles. The van der Waals surface area contributed by atoms with Crippen molar-refractivity contribution in [2.45, 2.75) is 38.3 Å². The van der Waals surface area contributed by atoms with Gasteiger partial charge < -0.3 is 4.98 Å². The molecule has 3 heterocycles. The van der Waals surface area contributed by atoms with Crippen molar-refractivity contribution in [1.82, 2.24) is 4.98 Å². The molecule has 1 aromatic heterocycles. The molecule has 2 aliphatic heterocycles. The van der Waals surface area contributed by atoms with E-state index in [0.717, 1.165) is 13.0 Å². The van der Waals surface area contributed by atoms with Crippen molar-refractivity contribution in [3.63, 3.8) is 0 Å². The highest BCUT2D eigenvalue weighted by molar-refractivity contribution is 6.90. The van der Waals surface area contributed by atoms with Gasteiger partial charge in [0, 0.05) is 16.8 Å². The van der Waals surface area contributed by atoms with Gasteiger partial charge in [0.25, 0.3) is 0 Å².